The number of ether oxygens (including phenoxy) is 2. The number of nitrogens with zero attached hydrogens (tertiary/aromatic N) is 1. The first-order valence-corrected chi connectivity index (χ1v) is 24.0. The van der Waals surface area contributed by atoms with Crippen LogP contribution in [0.2, 0.25) is 0 Å². The molecule has 6 heteroatoms. The van der Waals surface area contributed by atoms with E-state index in [0.29, 0.717) is 17.4 Å². The minimum Gasteiger partial charge on any atom is -0.493 e. The first-order valence-electron chi connectivity index (χ1n) is 24.0. The van der Waals surface area contributed by atoms with Gasteiger partial charge in [-0.1, -0.05) is 134 Å². The Kier molecular flexibility index (Phi) is 14.6. The van der Waals surface area contributed by atoms with Crippen LogP contribution in [0.1, 0.15) is 142 Å². The highest BCUT2D eigenvalue weighted by atomic mass is 16.7. The van der Waals surface area contributed by atoms with E-state index in [2.05, 4.69) is 165 Å². The standard InChI is InChI=1S/C57H70BNO4/c1-10-15-17-40(12-3)38-60-49-25-20-44(21-26-49)46-31-43(32-47(34-46)45-22-27-50(28-23-45)61-39-41(13-4)18-16-11-2)36-57(14-5)53-33-42(37-59)19-29-51(53)52-30-24-48(35-54(52)57)58-62-55(6,7)56(8,9)63-58/h19-35,40-41H,10-18,36,38-39H2,1-9H3. The van der Waals surface area contributed by atoms with Gasteiger partial charge in [0.2, 0.25) is 0 Å². The van der Waals surface area contributed by atoms with Crippen molar-refractivity contribution in [1.29, 1.82) is 5.26 Å². The fourth-order valence-corrected chi connectivity index (χ4v) is 9.59. The van der Waals surface area contributed by atoms with Crippen LogP contribution in [0.4, 0.5) is 0 Å². The number of hydrogen-bond acceptors (Lipinski definition) is 5. The quantitative estimate of drug-likeness (QED) is 0.0731. The van der Waals surface area contributed by atoms with Crippen molar-refractivity contribution in [3.8, 4) is 50.9 Å². The monoisotopic (exact) mass is 844 g/mol. The van der Waals surface area contributed by atoms with Crippen LogP contribution in [0.5, 0.6) is 11.5 Å². The second-order valence-corrected chi connectivity index (χ2v) is 19.3. The van der Waals surface area contributed by atoms with Crippen LogP contribution in [0.25, 0.3) is 33.4 Å². The summed E-state index contributed by atoms with van der Waals surface area (Å²) in [6.07, 6.45) is 11.2. The van der Waals surface area contributed by atoms with Crippen molar-refractivity contribution >= 4 is 12.6 Å². The SMILES string of the molecule is CCCCC(CC)COc1ccc(-c2cc(CC3(CC)c4cc(C#N)ccc4-c4ccc(B5OC(C)(C)C(C)(C)O5)cc43)cc(-c3ccc(OCC(CC)CCCC)cc3)c2)cc1. The van der Waals surface area contributed by atoms with E-state index in [0.717, 1.165) is 78.1 Å². The number of nitriles is 1. The van der Waals surface area contributed by atoms with E-state index in [1.165, 1.54) is 66.3 Å². The summed E-state index contributed by atoms with van der Waals surface area (Å²) >= 11 is 0. The molecule has 0 spiro atoms. The van der Waals surface area contributed by atoms with E-state index in [4.69, 9.17) is 18.8 Å². The van der Waals surface area contributed by atoms with Gasteiger partial charge in [-0.15, -0.1) is 0 Å². The van der Waals surface area contributed by atoms with Gasteiger partial charge in [-0.3, -0.25) is 0 Å². The van der Waals surface area contributed by atoms with Crippen molar-refractivity contribution in [3.05, 3.63) is 125 Å². The van der Waals surface area contributed by atoms with Crippen molar-refractivity contribution in [2.75, 3.05) is 13.2 Å². The molecule has 3 unspecified atom stereocenters. The van der Waals surface area contributed by atoms with Crippen molar-refractivity contribution in [3.63, 3.8) is 0 Å². The van der Waals surface area contributed by atoms with Crippen LogP contribution in [0.15, 0.2) is 103 Å². The topological polar surface area (TPSA) is 60.7 Å². The Morgan fingerprint density at radius 1 is 0.587 bits per heavy atom. The molecule has 5 aromatic carbocycles. The molecule has 0 N–H and O–H groups in total. The number of hydrogen-bond donors (Lipinski definition) is 0. The van der Waals surface area contributed by atoms with Gasteiger partial charge in [-0.2, -0.15) is 5.26 Å². The lowest BCUT2D eigenvalue weighted by atomic mass is 9.69. The lowest BCUT2D eigenvalue weighted by Crippen LogP contribution is -2.41. The van der Waals surface area contributed by atoms with Gasteiger partial charge in [-0.25, -0.2) is 0 Å². The summed E-state index contributed by atoms with van der Waals surface area (Å²) in [4.78, 5) is 0. The van der Waals surface area contributed by atoms with Crippen molar-refractivity contribution in [2.24, 2.45) is 11.8 Å². The molecule has 0 amide bonds. The zero-order chi connectivity index (χ0) is 44.8. The van der Waals surface area contributed by atoms with E-state index in [9.17, 15) is 5.26 Å². The third-order valence-corrected chi connectivity index (χ3v) is 14.6. The molecule has 63 heavy (non-hydrogen) atoms. The second-order valence-electron chi connectivity index (χ2n) is 19.3. The average Bonchev–Trinajstić information content (AvgIpc) is 3.70. The van der Waals surface area contributed by atoms with Crippen LogP contribution in [-0.4, -0.2) is 31.5 Å². The molecule has 0 aromatic heterocycles. The van der Waals surface area contributed by atoms with Gasteiger partial charge >= 0.3 is 7.12 Å². The summed E-state index contributed by atoms with van der Waals surface area (Å²) in [5, 5.41) is 10.2. The van der Waals surface area contributed by atoms with Gasteiger partial charge in [0, 0.05) is 5.41 Å². The molecular weight excluding hydrogens is 773 g/mol. The largest absolute Gasteiger partial charge is 0.494 e. The molecule has 1 heterocycles. The molecule has 5 nitrogen and oxygen atoms in total. The first kappa shape index (κ1) is 46.2. The van der Waals surface area contributed by atoms with Crippen LogP contribution in [0.3, 0.4) is 0 Å². The van der Waals surface area contributed by atoms with Crippen LogP contribution >= 0.6 is 0 Å². The summed E-state index contributed by atoms with van der Waals surface area (Å²) in [5.74, 6) is 2.97. The van der Waals surface area contributed by atoms with Crippen LogP contribution < -0.4 is 14.9 Å². The number of fused-ring (bicyclic) bond motifs is 3. The summed E-state index contributed by atoms with van der Waals surface area (Å²) in [5.41, 5.74) is 11.1. The number of rotatable bonds is 20. The summed E-state index contributed by atoms with van der Waals surface area (Å²) in [6, 6.07) is 39.8. The predicted octanol–water partition coefficient (Wildman–Crippen LogP) is 14.3. The Morgan fingerprint density at radius 3 is 1.54 bits per heavy atom. The third-order valence-electron chi connectivity index (χ3n) is 14.6. The van der Waals surface area contributed by atoms with E-state index in [1.807, 2.05) is 6.07 Å². The Morgan fingerprint density at radius 2 is 1.08 bits per heavy atom. The molecule has 1 aliphatic carbocycles. The third kappa shape index (κ3) is 9.96. The van der Waals surface area contributed by atoms with Crippen molar-refractivity contribution in [2.45, 2.75) is 143 Å². The maximum atomic E-state index is 10.2. The fourth-order valence-electron chi connectivity index (χ4n) is 9.59. The molecular formula is C57H70BNO4. The summed E-state index contributed by atoms with van der Waals surface area (Å²) < 4.78 is 25.9. The van der Waals surface area contributed by atoms with E-state index in [1.54, 1.807) is 0 Å². The Bertz CT molecular complexity index is 2260. The Labute approximate surface area is 379 Å². The second kappa shape index (κ2) is 19.9. The van der Waals surface area contributed by atoms with E-state index < -0.39 is 23.7 Å². The van der Waals surface area contributed by atoms with Crippen LogP contribution in [-0.2, 0) is 21.1 Å². The normalized spacial score (nSPS) is 18.1. The summed E-state index contributed by atoms with van der Waals surface area (Å²) in [6.45, 7) is 21.2. The molecule has 1 aliphatic heterocycles. The highest BCUT2D eigenvalue weighted by molar-refractivity contribution is 6.62. The zero-order valence-electron chi connectivity index (χ0n) is 39.6. The van der Waals surface area contributed by atoms with E-state index >= 15 is 0 Å². The smallest absolute Gasteiger partial charge is 0.493 e. The minimum absolute atomic E-state index is 0.399. The van der Waals surface area contributed by atoms with Gasteiger partial charge in [-0.05, 0) is 163 Å². The highest BCUT2D eigenvalue weighted by Gasteiger charge is 2.52. The lowest BCUT2D eigenvalue weighted by Gasteiger charge is -2.32. The highest BCUT2D eigenvalue weighted by Crippen LogP contribution is 2.53. The maximum absolute atomic E-state index is 10.2. The lowest BCUT2D eigenvalue weighted by molar-refractivity contribution is 0.00578. The van der Waals surface area contributed by atoms with Gasteiger partial charge in [0.15, 0.2) is 0 Å². The number of unbranched alkanes of at least 4 members (excludes halogenated alkanes) is 2. The van der Waals surface area contributed by atoms with Crippen LogP contribution in [0, 0.1) is 23.2 Å². The van der Waals surface area contributed by atoms with Gasteiger partial charge in [0.1, 0.15) is 11.5 Å². The molecule has 1 fully saturated rings. The molecule has 0 bridgehead atoms. The Balaban J connectivity index is 1.28. The zero-order valence-corrected chi connectivity index (χ0v) is 39.6. The van der Waals surface area contributed by atoms with Gasteiger partial charge in [0.05, 0.1) is 36.0 Å². The molecule has 3 atom stereocenters. The predicted molar refractivity (Wildman–Crippen MR) is 262 cm³/mol. The molecule has 0 saturated carbocycles. The first-order chi connectivity index (χ1) is 30.4. The molecule has 0 radical (unpaired) electrons. The average molecular weight is 844 g/mol. The molecule has 2 aliphatic rings. The fraction of sp³-hybridized carbons (Fsp3) is 0.456. The minimum atomic E-state index is -0.476. The molecule has 5 aromatic rings. The van der Waals surface area contributed by atoms with Crippen molar-refractivity contribution in [1.82, 2.24) is 0 Å². The molecule has 330 valence electrons. The summed E-state index contributed by atoms with van der Waals surface area (Å²) in [7, 11) is -0.476. The van der Waals surface area contributed by atoms with E-state index in [-0.39, 0.29) is 0 Å². The Hall–Kier alpha value is -4.83. The molecule has 1 saturated heterocycles. The maximum Gasteiger partial charge on any atom is 0.494 e. The number of benzene rings is 5. The van der Waals surface area contributed by atoms with Gasteiger partial charge < -0.3 is 18.8 Å². The van der Waals surface area contributed by atoms with Gasteiger partial charge in [0.25, 0.3) is 0 Å². The molecule has 7 rings (SSSR count). The van der Waals surface area contributed by atoms with Crippen molar-refractivity contribution < 1.29 is 18.8 Å².